The summed E-state index contributed by atoms with van der Waals surface area (Å²) < 4.78 is 3.30. The zero-order chi connectivity index (χ0) is 14.4. The van der Waals surface area contributed by atoms with E-state index in [1.807, 2.05) is 61.8 Å². The first-order valence-corrected chi connectivity index (χ1v) is 15.4. The molecule has 0 saturated heterocycles. The zero-order valence-electron chi connectivity index (χ0n) is 11.4. The van der Waals surface area contributed by atoms with Gasteiger partial charge >= 0.3 is 140 Å². The van der Waals surface area contributed by atoms with Gasteiger partial charge in [-0.2, -0.15) is 0 Å². The Balaban J connectivity index is 2.85. The molecule has 1 aromatic rings. The van der Waals surface area contributed by atoms with Gasteiger partial charge in [-0.05, 0) is 0 Å². The molecule has 0 unspecified atom stereocenters. The third-order valence-corrected chi connectivity index (χ3v) is 20.5. The fraction of sp³-hybridized carbons (Fsp3) is 0.333. The van der Waals surface area contributed by atoms with Crippen LogP contribution in [0.5, 0.6) is 0 Å². The van der Waals surface area contributed by atoms with Crippen molar-refractivity contribution in [3.05, 3.63) is 30.3 Å². The Kier molecular flexibility index (Phi) is 8.07. The molecule has 1 aromatic carbocycles. The van der Waals surface area contributed by atoms with Crippen LogP contribution in [0.2, 0.25) is 0 Å². The Morgan fingerprint density at radius 1 is 0.895 bits per heavy atom. The molecular weight excluding hydrogens is 422 g/mol. The van der Waals surface area contributed by atoms with E-state index in [1.54, 1.807) is 0 Å². The van der Waals surface area contributed by atoms with Gasteiger partial charge in [-0.15, -0.1) is 0 Å². The first-order valence-electron chi connectivity index (χ1n) is 5.55. The molecule has 0 heterocycles. The number of rotatable bonds is 3. The van der Waals surface area contributed by atoms with Crippen molar-refractivity contribution in [3.63, 3.8) is 0 Å². The van der Waals surface area contributed by atoms with E-state index in [0.29, 0.717) is 0 Å². The van der Waals surface area contributed by atoms with Gasteiger partial charge in [-0.1, -0.05) is 0 Å². The molecular formula is C12H17N2S4Sb. The van der Waals surface area contributed by atoms with Crippen LogP contribution in [0.1, 0.15) is 0 Å². The normalized spacial score (nSPS) is 10.4. The summed E-state index contributed by atoms with van der Waals surface area (Å²) in [4.78, 5) is 4.00. The van der Waals surface area contributed by atoms with Crippen molar-refractivity contribution >= 4 is 71.7 Å². The Labute approximate surface area is 139 Å². The van der Waals surface area contributed by atoms with Gasteiger partial charge in [0, 0.05) is 0 Å². The van der Waals surface area contributed by atoms with E-state index in [9.17, 15) is 0 Å². The molecule has 0 N–H and O–H groups in total. The molecule has 0 fully saturated rings. The number of benzene rings is 1. The van der Waals surface area contributed by atoms with Crippen LogP contribution < -0.4 is 3.51 Å². The second-order valence-electron chi connectivity index (χ2n) is 4.10. The Bertz CT molecular complexity index is 415. The topological polar surface area (TPSA) is 6.48 Å². The van der Waals surface area contributed by atoms with E-state index in [-0.39, 0.29) is 0 Å². The van der Waals surface area contributed by atoms with Crippen molar-refractivity contribution in [3.8, 4) is 0 Å². The Morgan fingerprint density at radius 2 is 1.32 bits per heavy atom. The molecule has 0 bridgehead atoms. The molecule has 7 heteroatoms. The minimum absolute atomic E-state index is 0.945. The van der Waals surface area contributed by atoms with Crippen LogP contribution in [0.25, 0.3) is 0 Å². The Morgan fingerprint density at radius 3 is 1.68 bits per heavy atom. The fourth-order valence-electron chi connectivity index (χ4n) is 0.979. The molecule has 0 aliphatic rings. The standard InChI is InChI=1S/C6H5.2C3H7NS2.Sb/c1-2-4-6-5-3-1;2*1-4(2)3(5)6;/h1-5H;2*1-2H3,(H,5,6);/q;;;+2/p-2. The first kappa shape index (κ1) is 17.6. The van der Waals surface area contributed by atoms with Gasteiger partial charge in [0.2, 0.25) is 0 Å². The summed E-state index contributed by atoms with van der Waals surface area (Å²) in [6, 6.07) is 10.6. The third-order valence-electron chi connectivity index (χ3n) is 2.02. The van der Waals surface area contributed by atoms with Crippen LogP contribution in [0.4, 0.5) is 0 Å². The molecule has 0 atom stereocenters. The summed E-state index contributed by atoms with van der Waals surface area (Å²) in [7, 11) is 11.7. The van der Waals surface area contributed by atoms with Crippen molar-refractivity contribution in [1.29, 1.82) is 0 Å². The number of hydrogen-bond donors (Lipinski definition) is 0. The molecule has 0 amide bonds. The van der Waals surface area contributed by atoms with Crippen LogP contribution >= 0.6 is 42.1 Å². The summed E-state index contributed by atoms with van der Waals surface area (Å²) in [6.45, 7) is 0. The first-order chi connectivity index (χ1) is 8.91. The van der Waals surface area contributed by atoms with Crippen LogP contribution in [0.3, 0.4) is 0 Å². The number of hydrogen-bond acceptors (Lipinski definition) is 4. The summed E-state index contributed by atoms with van der Waals surface area (Å²) in [5, 5.41) is 0. The van der Waals surface area contributed by atoms with Crippen LogP contribution in [-0.4, -0.2) is 64.0 Å². The van der Waals surface area contributed by atoms with Crippen molar-refractivity contribution in [1.82, 2.24) is 9.80 Å². The maximum absolute atomic E-state index is 5.44. The molecule has 0 aromatic heterocycles. The quantitative estimate of drug-likeness (QED) is 0.524. The van der Waals surface area contributed by atoms with E-state index < -0.39 is 17.4 Å². The van der Waals surface area contributed by atoms with Crippen LogP contribution in [-0.2, 0) is 0 Å². The average Bonchev–Trinajstić information content (AvgIpc) is 2.38. The zero-order valence-corrected chi connectivity index (χ0v) is 17.2. The summed E-state index contributed by atoms with van der Waals surface area (Å²) in [5.74, 6) is 0. The number of nitrogens with zero attached hydrogens (tertiary/aromatic N) is 2. The molecule has 0 radical (unpaired) electrons. The summed E-state index contributed by atoms with van der Waals surface area (Å²) in [5.41, 5.74) is 0. The minimum atomic E-state index is -1.84. The van der Waals surface area contributed by atoms with Crippen LogP contribution in [0, 0.1) is 0 Å². The van der Waals surface area contributed by atoms with Gasteiger partial charge in [0.05, 0.1) is 0 Å². The second-order valence-corrected chi connectivity index (χ2v) is 19.0. The van der Waals surface area contributed by atoms with Gasteiger partial charge in [-0.25, -0.2) is 0 Å². The van der Waals surface area contributed by atoms with E-state index in [0.717, 1.165) is 8.64 Å². The van der Waals surface area contributed by atoms with Gasteiger partial charge in [0.1, 0.15) is 0 Å². The van der Waals surface area contributed by atoms with Crippen molar-refractivity contribution in [2.75, 3.05) is 28.2 Å². The van der Waals surface area contributed by atoms with Crippen LogP contribution in [0.15, 0.2) is 30.3 Å². The van der Waals surface area contributed by atoms with E-state index in [4.69, 9.17) is 24.4 Å². The monoisotopic (exact) mass is 438 g/mol. The Hall–Kier alpha value is 0.518. The molecule has 104 valence electrons. The molecule has 2 nitrogen and oxygen atoms in total. The molecule has 0 saturated carbocycles. The van der Waals surface area contributed by atoms with E-state index in [2.05, 4.69) is 24.3 Å². The average molecular weight is 439 g/mol. The fourth-order valence-corrected chi connectivity index (χ4v) is 20.5. The van der Waals surface area contributed by atoms with Crippen molar-refractivity contribution in [2.45, 2.75) is 0 Å². The molecule has 0 aliphatic carbocycles. The van der Waals surface area contributed by atoms with Crippen molar-refractivity contribution < 1.29 is 0 Å². The van der Waals surface area contributed by atoms with Gasteiger partial charge < -0.3 is 0 Å². The SMILES string of the molecule is CN(C)C(=S)[S][Sb]([S]C(=S)N(C)C)[c]1ccccc1. The van der Waals surface area contributed by atoms with E-state index >= 15 is 0 Å². The van der Waals surface area contributed by atoms with E-state index in [1.165, 1.54) is 3.51 Å². The summed E-state index contributed by atoms with van der Waals surface area (Å²) in [6.07, 6.45) is 0. The molecule has 0 spiro atoms. The van der Waals surface area contributed by atoms with Crippen molar-refractivity contribution in [2.24, 2.45) is 0 Å². The second kappa shape index (κ2) is 8.73. The summed E-state index contributed by atoms with van der Waals surface area (Å²) >= 11 is 9.03. The van der Waals surface area contributed by atoms with Gasteiger partial charge in [0.25, 0.3) is 0 Å². The molecule has 19 heavy (non-hydrogen) atoms. The van der Waals surface area contributed by atoms with Gasteiger partial charge in [0.15, 0.2) is 0 Å². The maximum atomic E-state index is 5.44. The predicted molar refractivity (Wildman–Crippen MR) is 99.6 cm³/mol. The van der Waals surface area contributed by atoms with Gasteiger partial charge in [-0.3, -0.25) is 0 Å². The molecule has 1 rings (SSSR count). The number of thiocarbonyl (C=S) groups is 2. The third kappa shape index (κ3) is 6.21. The predicted octanol–water partition coefficient (Wildman–Crippen LogP) is 2.54. The molecule has 0 aliphatic heterocycles.